The Balaban J connectivity index is 1.53. The minimum Gasteiger partial charge on any atom is -0.492 e. The number of halogens is 3. The summed E-state index contributed by atoms with van der Waals surface area (Å²) in [6.45, 7) is 6.79. The van der Waals surface area contributed by atoms with Crippen molar-refractivity contribution in [1.29, 1.82) is 5.26 Å². The Morgan fingerprint density at radius 2 is 1.88 bits per heavy atom. The molecule has 0 unspecified atom stereocenters. The molecular weight excluding hydrogens is 587 g/mol. The quantitative estimate of drug-likeness (QED) is 0.421. The van der Waals surface area contributed by atoms with Gasteiger partial charge in [0.15, 0.2) is 5.11 Å². The van der Waals surface area contributed by atoms with E-state index in [0.29, 0.717) is 37.5 Å². The van der Waals surface area contributed by atoms with Crippen molar-refractivity contribution in [3.05, 3.63) is 53.1 Å². The maximum absolute atomic E-state index is 13.6. The molecule has 43 heavy (non-hydrogen) atoms. The zero-order chi connectivity index (χ0) is 31.7. The van der Waals surface area contributed by atoms with E-state index >= 15 is 0 Å². The van der Waals surface area contributed by atoms with Gasteiger partial charge in [-0.1, -0.05) is 6.92 Å². The predicted octanol–water partition coefficient (Wildman–Crippen LogP) is 4.09. The maximum Gasteiger partial charge on any atom is 0.417 e. The molecule has 2 aliphatic heterocycles. The average molecular weight is 620 g/mol. The topological polar surface area (TPSA) is 121 Å². The number of aliphatic hydroxyl groups excluding tert-OH is 1. The Hall–Kier alpha value is -3.93. The molecule has 1 atom stereocenters. The number of carbonyl (C=O) groups excluding carboxylic acids is 1. The van der Waals surface area contributed by atoms with E-state index in [2.05, 4.69) is 0 Å². The van der Waals surface area contributed by atoms with Crippen molar-refractivity contribution >= 4 is 40.7 Å². The van der Waals surface area contributed by atoms with Crippen LogP contribution in [0.5, 0.6) is 5.75 Å². The molecular formula is C29H32F3N5O5S. The predicted molar refractivity (Wildman–Crippen MR) is 156 cm³/mol. The number of aryl methyl sites for hydroxylation is 1. The van der Waals surface area contributed by atoms with Crippen LogP contribution in [0.2, 0.25) is 0 Å². The van der Waals surface area contributed by atoms with E-state index in [0.717, 1.165) is 22.6 Å². The van der Waals surface area contributed by atoms with Crippen LogP contribution in [0.1, 0.15) is 37.5 Å². The van der Waals surface area contributed by atoms with Crippen molar-refractivity contribution in [3.63, 3.8) is 0 Å². The minimum absolute atomic E-state index is 0.000831. The SMILES string of the molecule is CCc1cc(N2C(=S)N(c3ccc(C#N)c(C(F)(F)F)c3)C(=O)C2(C)C)ccc1OCCN1CCN(C(=O)O)C[C@@H]1CO. The highest BCUT2D eigenvalue weighted by Crippen LogP contribution is 2.40. The van der Waals surface area contributed by atoms with Gasteiger partial charge in [-0.15, -0.1) is 0 Å². The van der Waals surface area contributed by atoms with Crippen LogP contribution in [0.25, 0.3) is 0 Å². The monoisotopic (exact) mass is 619 g/mol. The molecule has 0 aromatic heterocycles. The molecule has 10 nitrogen and oxygen atoms in total. The van der Waals surface area contributed by atoms with Gasteiger partial charge >= 0.3 is 12.3 Å². The third kappa shape index (κ3) is 6.24. The molecule has 2 saturated heterocycles. The number of hydrogen-bond acceptors (Lipinski definition) is 7. The van der Waals surface area contributed by atoms with Crippen LogP contribution in [-0.4, -0.2) is 88.1 Å². The molecule has 2 N–H and O–H groups in total. The van der Waals surface area contributed by atoms with Gasteiger partial charge in [-0.25, -0.2) is 4.79 Å². The molecule has 0 spiro atoms. The lowest BCUT2D eigenvalue weighted by Gasteiger charge is -2.39. The summed E-state index contributed by atoms with van der Waals surface area (Å²) in [6.07, 6.45) is -5.24. The van der Waals surface area contributed by atoms with E-state index in [1.165, 1.54) is 17.0 Å². The fraction of sp³-hybridized carbons (Fsp3) is 0.448. The second-order valence-electron chi connectivity index (χ2n) is 10.8. The van der Waals surface area contributed by atoms with Gasteiger partial charge in [0.25, 0.3) is 5.91 Å². The van der Waals surface area contributed by atoms with Crippen molar-refractivity contribution in [3.8, 4) is 11.8 Å². The Morgan fingerprint density at radius 3 is 2.49 bits per heavy atom. The summed E-state index contributed by atoms with van der Waals surface area (Å²) in [5.74, 6) is 0.0825. The highest BCUT2D eigenvalue weighted by molar-refractivity contribution is 7.81. The first-order valence-electron chi connectivity index (χ1n) is 13.6. The Labute approximate surface area is 252 Å². The van der Waals surface area contributed by atoms with Gasteiger partial charge < -0.3 is 24.7 Å². The van der Waals surface area contributed by atoms with E-state index < -0.39 is 34.8 Å². The minimum atomic E-state index is -4.79. The first-order chi connectivity index (χ1) is 20.2. The van der Waals surface area contributed by atoms with Crippen LogP contribution >= 0.6 is 12.2 Å². The molecule has 230 valence electrons. The molecule has 2 amide bonds. The van der Waals surface area contributed by atoms with Crippen molar-refractivity contribution < 1.29 is 37.7 Å². The Kier molecular flexibility index (Phi) is 9.19. The number of carboxylic acid groups (broad SMARTS) is 1. The van der Waals surface area contributed by atoms with Gasteiger partial charge in [-0.05, 0) is 74.4 Å². The summed E-state index contributed by atoms with van der Waals surface area (Å²) in [5.41, 5.74) is -1.64. The van der Waals surface area contributed by atoms with E-state index in [-0.39, 0.29) is 36.6 Å². The number of nitrogens with zero attached hydrogens (tertiary/aromatic N) is 5. The van der Waals surface area contributed by atoms with Crippen LogP contribution in [0.15, 0.2) is 36.4 Å². The van der Waals surface area contributed by atoms with Crippen LogP contribution in [-0.2, 0) is 17.4 Å². The van der Waals surface area contributed by atoms with Gasteiger partial charge in [0.05, 0.1) is 35.5 Å². The first-order valence-corrected chi connectivity index (χ1v) is 14.0. The summed E-state index contributed by atoms with van der Waals surface area (Å²) < 4.78 is 47.0. The second-order valence-corrected chi connectivity index (χ2v) is 11.1. The standard InChI is InChI=1S/C29H32F3N5O5S/c1-4-18-13-21(7-8-24(18)42-12-11-34-9-10-35(27(40)41)16-22(34)17-38)37-26(43)36(25(39)28(37,2)3)20-6-5-19(15-33)23(14-20)29(30,31)32/h5-8,13-14,22,38H,4,9-12,16-17H2,1-3H3,(H,40,41)/t22-/m1/s1. The molecule has 2 heterocycles. The average Bonchev–Trinajstić information content (AvgIpc) is 3.14. The van der Waals surface area contributed by atoms with Gasteiger partial charge in [0, 0.05) is 31.9 Å². The van der Waals surface area contributed by atoms with Gasteiger partial charge in [-0.2, -0.15) is 18.4 Å². The van der Waals surface area contributed by atoms with E-state index in [1.54, 1.807) is 30.9 Å². The van der Waals surface area contributed by atoms with Crippen LogP contribution < -0.4 is 14.5 Å². The molecule has 2 aromatic rings. The van der Waals surface area contributed by atoms with Crippen molar-refractivity contribution in [2.75, 3.05) is 49.2 Å². The number of ether oxygens (including phenoxy) is 1. The maximum atomic E-state index is 13.6. The Bertz CT molecular complexity index is 1460. The molecule has 0 saturated carbocycles. The number of thiocarbonyl (C=S) groups is 1. The Morgan fingerprint density at radius 1 is 1.19 bits per heavy atom. The van der Waals surface area contributed by atoms with Gasteiger partial charge in [0.2, 0.25) is 0 Å². The number of carbonyl (C=O) groups is 2. The number of piperazine rings is 1. The van der Waals surface area contributed by atoms with Crippen molar-refractivity contribution in [1.82, 2.24) is 9.80 Å². The van der Waals surface area contributed by atoms with Gasteiger partial charge in [-0.3, -0.25) is 14.6 Å². The molecule has 2 aromatic carbocycles. The largest absolute Gasteiger partial charge is 0.492 e. The number of hydrogen-bond donors (Lipinski definition) is 2. The lowest BCUT2D eigenvalue weighted by atomic mass is 10.0. The van der Waals surface area contributed by atoms with Crippen LogP contribution in [0.4, 0.5) is 29.3 Å². The molecule has 0 bridgehead atoms. The number of rotatable bonds is 8. The molecule has 0 radical (unpaired) electrons. The number of aliphatic hydroxyl groups is 1. The lowest BCUT2D eigenvalue weighted by molar-refractivity contribution is -0.137. The number of nitriles is 1. The third-order valence-corrected chi connectivity index (χ3v) is 8.13. The van der Waals surface area contributed by atoms with E-state index in [1.807, 2.05) is 17.9 Å². The molecule has 2 aliphatic rings. The zero-order valence-electron chi connectivity index (χ0n) is 23.9. The summed E-state index contributed by atoms with van der Waals surface area (Å²) >= 11 is 5.64. The smallest absolute Gasteiger partial charge is 0.417 e. The molecule has 2 fully saturated rings. The van der Waals surface area contributed by atoms with E-state index in [4.69, 9.17) is 22.2 Å². The summed E-state index contributed by atoms with van der Waals surface area (Å²) in [6, 6.07) is 9.56. The van der Waals surface area contributed by atoms with Crippen LogP contribution in [0, 0.1) is 11.3 Å². The third-order valence-electron chi connectivity index (χ3n) is 7.76. The number of anilines is 2. The van der Waals surface area contributed by atoms with Gasteiger partial charge in [0.1, 0.15) is 17.9 Å². The molecule has 0 aliphatic carbocycles. The van der Waals surface area contributed by atoms with E-state index in [9.17, 15) is 33.0 Å². The summed E-state index contributed by atoms with van der Waals surface area (Å²) in [5, 5.41) is 28.1. The highest BCUT2D eigenvalue weighted by Gasteiger charge is 2.51. The van der Waals surface area contributed by atoms with Crippen LogP contribution in [0.3, 0.4) is 0 Å². The fourth-order valence-electron chi connectivity index (χ4n) is 5.39. The lowest BCUT2D eigenvalue weighted by Crippen LogP contribution is -2.56. The number of amides is 2. The fourth-order valence-corrected chi connectivity index (χ4v) is 5.91. The number of alkyl halides is 3. The normalized spacial score (nSPS) is 19.1. The first kappa shape index (κ1) is 32.0. The summed E-state index contributed by atoms with van der Waals surface area (Å²) in [4.78, 5) is 30.7. The summed E-state index contributed by atoms with van der Waals surface area (Å²) in [7, 11) is 0. The van der Waals surface area contributed by atoms with Crippen molar-refractivity contribution in [2.24, 2.45) is 0 Å². The zero-order valence-corrected chi connectivity index (χ0v) is 24.7. The second kappa shape index (κ2) is 12.4. The molecule has 4 rings (SSSR count). The molecule has 14 heteroatoms. The number of benzene rings is 2. The van der Waals surface area contributed by atoms with Crippen molar-refractivity contribution in [2.45, 2.75) is 44.9 Å². The highest BCUT2D eigenvalue weighted by atomic mass is 32.1.